The molecule has 27 heavy (non-hydrogen) atoms. The Hall–Kier alpha value is -2.76. The van der Waals surface area contributed by atoms with E-state index in [-0.39, 0.29) is 5.91 Å². The molecule has 2 N–H and O–H groups in total. The van der Waals surface area contributed by atoms with E-state index in [0.717, 1.165) is 5.69 Å². The fourth-order valence-electron chi connectivity index (χ4n) is 3.62. The van der Waals surface area contributed by atoms with Crippen LogP contribution in [0.15, 0.2) is 36.5 Å². The molecule has 1 amide bonds. The Bertz CT molecular complexity index is 801. The fraction of sp³-hybridized carbons (Fsp3) is 0.429. The number of aromatic nitrogens is 1. The Morgan fingerprint density at radius 2 is 1.70 bits per heavy atom. The molecular weight excluding hydrogens is 342 g/mol. The molecule has 1 aromatic carbocycles. The summed E-state index contributed by atoms with van der Waals surface area (Å²) >= 11 is 0. The molecule has 0 radical (unpaired) electrons. The highest BCUT2D eigenvalue weighted by atomic mass is 16.6. The van der Waals surface area contributed by atoms with Crippen LogP contribution in [0.5, 0.6) is 11.5 Å². The maximum absolute atomic E-state index is 12.6. The van der Waals surface area contributed by atoms with Crippen LogP contribution in [0.2, 0.25) is 0 Å². The summed E-state index contributed by atoms with van der Waals surface area (Å²) in [6.45, 7) is 1.06. The summed E-state index contributed by atoms with van der Waals surface area (Å²) in [4.78, 5) is 16.8. The predicted molar refractivity (Wildman–Crippen MR) is 105 cm³/mol. The first kappa shape index (κ1) is 17.6. The third kappa shape index (κ3) is 4.51. The van der Waals surface area contributed by atoms with Crippen molar-refractivity contribution in [1.82, 2.24) is 4.98 Å². The fourth-order valence-corrected chi connectivity index (χ4v) is 3.62. The molecule has 2 heterocycles. The van der Waals surface area contributed by atoms with E-state index in [2.05, 4.69) is 15.6 Å². The number of nitrogens with one attached hydrogen (secondary N) is 2. The van der Waals surface area contributed by atoms with Crippen molar-refractivity contribution in [2.24, 2.45) is 0 Å². The van der Waals surface area contributed by atoms with Crippen LogP contribution in [0.3, 0.4) is 0 Å². The van der Waals surface area contributed by atoms with E-state index in [4.69, 9.17) is 9.47 Å². The molecule has 4 rings (SSSR count). The van der Waals surface area contributed by atoms with Gasteiger partial charge in [0, 0.05) is 29.7 Å². The van der Waals surface area contributed by atoms with Crippen LogP contribution < -0.4 is 20.1 Å². The molecule has 0 spiro atoms. The minimum absolute atomic E-state index is 0.240. The van der Waals surface area contributed by atoms with Crippen molar-refractivity contribution >= 4 is 17.3 Å². The van der Waals surface area contributed by atoms with Gasteiger partial charge in [0.15, 0.2) is 11.5 Å². The van der Waals surface area contributed by atoms with Crippen LogP contribution in [-0.2, 0) is 0 Å². The van der Waals surface area contributed by atoms with Crippen molar-refractivity contribution in [2.75, 3.05) is 23.8 Å². The Balaban J connectivity index is 1.42. The summed E-state index contributed by atoms with van der Waals surface area (Å²) < 4.78 is 11.1. The molecule has 0 bridgehead atoms. The number of anilines is 2. The molecule has 1 fully saturated rings. The largest absolute Gasteiger partial charge is 0.486 e. The molecule has 2 aliphatic rings. The lowest BCUT2D eigenvalue weighted by molar-refractivity contribution is 0.102. The number of ether oxygens (including phenoxy) is 2. The van der Waals surface area contributed by atoms with Crippen molar-refractivity contribution in [3.05, 3.63) is 42.2 Å². The molecule has 6 heteroatoms. The second-order valence-electron chi connectivity index (χ2n) is 7.08. The van der Waals surface area contributed by atoms with Gasteiger partial charge in [0.2, 0.25) is 0 Å². The molecule has 1 saturated carbocycles. The number of hydrogen-bond donors (Lipinski definition) is 2. The zero-order chi connectivity index (χ0) is 18.5. The lowest BCUT2D eigenvalue weighted by Gasteiger charge is -2.19. The first-order chi connectivity index (χ1) is 13.3. The van der Waals surface area contributed by atoms with Crippen molar-refractivity contribution in [3.63, 3.8) is 0 Å². The quantitative estimate of drug-likeness (QED) is 0.791. The first-order valence-corrected chi connectivity index (χ1v) is 9.71. The van der Waals surface area contributed by atoms with Gasteiger partial charge in [0.1, 0.15) is 18.9 Å². The minimum Gasteiger partial charge on any atom is -0.486 e. The Labute approximate surface area is 159 Å². The predicted octanol–water partition coefficient (Wildman–Crippen LogP) is 4.24. The van der Waals surface area contributed by atoms with E-state index in [9.17, 15) is 4.79 Å². The van der Waals surface area contributed by atoms with E-state index in [1.807, 2.05) is 18.2 Å². The molecular formula is C21H25N3O3. The average Bonchev–Trinajstić information content (AvgIpc) is 2.97. The third-order valence-corrected chi connectivity index (χ3v) is 5.02. The van der Waals surface area contributed by atoms with Crippen LogP contribution in [0.4, 0.5) is 11.4 Å². The van der Waals surface area contributed by atoms with Crippen molar-refractivity contribution in [1.29, 1.82) is 0 Å². The topological polar surface area (TPSA) is 72.5 Å². The summed E-state index contributed by atoms with van der Waals surface area (Å²) in [5.74, 6) is 1.11. The number of pyridine rings is 1. The molecule has 1 aromatic heterocycles. The normalized spacial score (nSPS) is 17.0. The average molecular weight is 367 g/mol. The second-order valence-corrected chi connectivity index (χ2v) is 7.08. The highest BCUT2D eigenvalue weighted by Crippen LogP contribution is 2.32. The number of rotatable bonds is 4. The van der Waals surface area contributed by atoms with Gasteiger partial charge >= 0.3 is 0 Å². The lowest BCUT2D eigenvalue weighted by Crippen LogP contribution is -2.19. The molecule has 142 valence electrons. The number of amides is 1. The highest BCUT2D eigenvalue weighted by Gasteiger charge is 2.16. The van der Waals surface area contributed by atoms with Gasteiger partial charge in [-0.2, -0.15) is 0 Å². The van der Waals surface area contributed by atoms with Crippen LogP contribution >= 0.6 is 0 Å². The van der Waals surface area contributed by atoms with Crippen LogP contribution in [-0.4, -0.2) is 30.1 Å². The summed E-state index contributed by atoms with van der Waals surface area (Å²) in [5.41, 5.74) is 2.00. The number of carbonyl (C=O) groups excluding carboxylic acids is 1. The maximum atomic E-state index is 12.6. The van der Waals surface area contributed by atoms with Crippen LogP contribution in [0, 0.1) is 0 Å². The molecule has 0 unspecified atom stereocenters. The van der Waals surface area contributed by atoms with Crippen molar-refractivity contribution in [3.8, 4) is 11.5 Å². The summed E-state index contributed by atoms with van der Waals surface area (Å²) in [7, 11) is 0. The number of hydrogen-bond acceptors (Lipinski definition) is 5. The number of fused-ring (bicyclic) bond motifs is 1. The zero-order valence-corrected chi connectivity index (χ0v) is 15.4. The zero-order valence-electron chi connectivity index (χ0n) is 15.4. The van der Waals surface area contributed by atoms with Gasteiger partial charge in [-0.1, -0.05) is 25.7 Å². The first-order valence-electron chi connectivity index (χ1n) is 9.71. The Kier molecular flexibility index (Phi) is 5.42. The SMILES string of the molecule is O=C(Nc1ccc2c(c1)OCCO2)c1cc(NC2CCCCCC2)ccn1. The van der Waals surface area contributed by atoms with E-state index < -0.39 is 0 Å². The molecule has 1 aliphatic heterocycles. The lowest BCUT2D eigenvalue weighted by atomic mass is 10.1. The smallest absolute Gasteiger partial charge is 0.274 e. The maximum Gasteiger partial charge on any atom is 0.274 e. The van der Waals surface area contributed by atoms with E-state index in [1.165, 1.54) is 38.5 Å². The van der Waals surface area contributed by atoms with Crippen molar-refractivity contribution in [2.45, 2.75) is 44.6 Å². The van der Waals surface area contributed by atoms with E-state index >= 15 is 0 Å². The monoisotopic (exact) mass is 367 g/mol. The summed E-state index contributed by atoms with van der Waals surface area (Å²) in [5, 5.41) is 6.45. The summed E-state index contributed by atoms with van der Waals surface area (Å²) in [6, 6.07) is 9.61. The van der Waals surface area contributed by atoms with E-state index in [0.29, 0.717) is 42.1 Å². The number of benzene rings is 1. The standard InChI is InChI=1S/C21H25N3O3/c25-21(24-16-7-8-19-20(14-16)27-12-11-26-19)18-13-17(9-10-22-18)23-15-5-3-1-2-4-6-15/h7-10,13-15H,1-6,11-12H2,(H,22,23)(H,24,25). The van der Waals surface area contributed by atoms with Crippen molar-refractivity contribution < 1.29 is 14.3 Å². The molecule has 2 aromatic rings. The van der Waals surface area contributed by atoms with Gasteiger partial charge in [-0.15, -0.1) is 0 Å². The van der Waals surface area contributed by atoms with Gasteiger partial charge in [-0.05, 0) is 37.1 Å². The van der Waals surface area contributed by atoms with Gasteiger partial charge in [0.05, 0.1) is 0 Å². The van der Waals surface area contributed by atoms with Crippen LogP contribution in [0.25, 0.3) is 0 Å². The van der Waals surface area contributed by atoms with Gasteiger partial charge in [0.25, 0.3) is 5.91 Å². The second kappa shape index (κ2) is 8.29. The van der Waals surface area contributed by atoms with E-state index in [1.54, 1.807) is 18.3 Å². The Morgan fingerprint density at radius 1 is 0.926 bits per heavy atom. The number of nitrogens with zero attached hydrogens (tertiary/aromatic N) is 1. The molecule has 0 saturated heterocycles. The highest BCUT2D eigenvalue weighted by molar-refractivity contribution is 6.03. The molecule has 0 atom stereocenters. The minimum atomic E-state index is -0.240. The molecule has 6 nitrogen and oxygen atoms in total. The van der Waals surface area contributed by atoms with Crippen LogP contribution in [0.1, 0.15) is 49.0 Å². The van der Waals surface area contributed by atoms with Gasteiger partial charge < -0.3 is 20.1 Å². The molecule has 1 aliphatic carbocycles. The number of carbonyl (C=O) groups is 1. The van der Waals surface area contributed by atoms with Gasteiger partial charge in [-0.25, -0.2) is 0 Å². The summed E-state index contributed by atoms with van der Waals surface area (Å²) in [6.07, 6.45) is 9.20. The Morgan fingerprint density at radius 3 is 2.52 bits per heavy atom. The third-order valence-electron chi connectivity index (χ3n) is 5.02. The van der Waals surface area contributed by atoms with Gasteiger partial charge in [-0.3, -0.25) is 9.78 Å².